The van der Waals surface area contributed by atoms with E-state index in [1.165, 1.54) is 36.5 Å². The van der Waals surface area contributed by atoms with Crippen molar-refractivity contribution in [3.05, 3.63) is 47.8 Å². The molecule has 3 saturated heterocycles. The predicted molar refractivity (Wildman–Crippen MR) is 186 cm³/mol. The van der Waals surface area contributed by atoms with E-state index in [4.69, 9.17) is 5.11 Å². The Bertz CT molecular complexity index is 1190. The molecule has 47 heavy (non-hydrogen) atoms. The summed E-state index contributed by atoms with van der Waals surface area (Å²) >= 11 is 0. The third-order valence-corrected chi connectivity index (χ3v) is 9.32. The van der Waals surface area contributed by atoms with E-state index in [-0.39, 0.29) is 5.91 Å². The monoisotopic (exact) mass is 656 g/mol. The summed E-state index contributed by atoms with van der Waals surface area (Å²) in [6.07, 6.45) is 10.3. The number of fused-ring (bicyclic) bond motifs is 2. The Morgan fingerprint density at radius 2 is 1.47 bits per heavy atom. The Morgan fingerprint density at radius 3 is 2.09 bits per heavy atom. The minimum Gasteiger partial charge on any atom is -0.395 e. The molecule has 2 aromatic heterocycles. The molecular formula is C34H60N10O3. The number of aliphatic hydroxyl groups excluding tert-OH is 1. The number of piperazine rings is 2. The topological polar surface area (TPSA) is 108 Å². The highest BCUT2D eigenvalue weighted by atomic mass is 16.3. The van der Waals surface area contributed by atoms with Crippen molar-refractivity contribution < 1.29 is 14.7 Å². The number of amides is 2. The first kappa shape index (κ1) is 38.5. The van der Waals surface area contributed by atoms with Crippen LogP contribution in [0.15, 0.2) is 30.7 Å². The van der Waals surface area contributed by atoms with E-state index in [0.29, 0.717) is 19.2 Å². The van der Waals surface area contributed by atoms with Gasteiger partial charge < -0.3 is 34.2 Å². The van der Waals surface area contributed by atoms with Gasteiger partial charge in [-0.1, -0.05) is 6.07 Å². The van der Waals surface area contributed by atoms with Gasteiger partial charge in [0.05, 0.1) is 25.4 Å². The maximum atomic E-state index is 10.9. The molecule has 0 spiro atoms. The van der Waals surface area contributed by atoms with Gasteiger partial charge >= 0.3 is 0 Å². The normalized spacial score (nSPS) is 22.2. The number of rotatable bonds is 2. The third-order valence-electron chi connectivity index (χ3n) is 9.32. The number of aromatic nitrogens is 3. The Balaban J connectivity index is 0.000000160. The smallest absolute Gasteiger partial charge is 0.236 e. The van der Waals surface area contributed by atoms with Crippen LogP contribution in [0.4, 0.5) is 0 Å². The molecule has 0 bridgehead atoms. The second-order valence-corrected chi connectivity index (χ2v) is 13.3. The average molecular weight is 657 g/mol. The summed E-state index contributed by atoms with van der Waals surface area (Å²) in [6.45, 7) is 13.1. The fraction of sp³-hybridized carbons (Fsp3) is 0.706. The van der Waals surface area contributed by atoms with E-state index in [1.807, 2.05) is 43.7 Å². The van der Waals surface area contributed by atoms with Crippen LogP contribution in [-0.4, -0.2) is 187 Å². The van der Waals surface area contributed by atoms with Gasteiger partial charge in [-0.2, -0.15) is 0 Å². The Kier molecular flexibility index (Phi) is 16.7. The van der Waals surface area contributed by atoms with E-state index in [1.54, 1.807) is 9.80 Å². The fourth-order valence-electron chi connectivity index (χ4n) is 5.79. The van der Waals surface area contributed by atoms with E-state index in [0.717, 1.165) is 84.8 Å². The Morgan fingerprint density at radius 1 is 0.787 bits per heavy atom. The van der Waals surface area contributed by atoms with Crippen LogP contribution >= 0.6 is 0 Å². The first-order valence-electron chi connectivity index (χ1n) is 17.0. The molecule has 7 heterocycles. The lowest BCUT2D eigenvalue weighted by molar-refractivity contribution is -0.133. The summed E-state index contributed by atoms with van der Waals surface area (Å²) in [4.78, 5) is 44.2. The highest BCUT2D eigenvalue weighted by Crippen LogP contribution is 2.14. The molecule has 7 rings (SSSR count). The highest BCUT2D eigenvalue weighted by Gasteiger charge is 2.19. The van der Waals surface area contributed by atoms with Crippen molar-refractivity contribution in [2.45, 2.75) is 44.9 Å². The van der Waals surface area contributed by atoms with Gasteiger partial charge in [-0.3, -0.25) is 24.4 Å². The molecule has 13 heteroatoms. The van der Waals surface area contributed by atoms with Crippen molar-refractivity contribution in [2.24, 2.45) is 0 Å². The maximum Gasteiger partial charge on any atom is 0.236 e. The number of aliphatic hydroxyl groups is 1. The number of carbonyl (C=O) groups is 2. The molecular weight excluding hydrogens is 596 g/mol. The minimum atomic E-state index is 0.226. The predicted octanol–water partition coefficient (Wildman–Crippen LogP) is 0.251. The number of nitrogens with zero attached hydrogens (tertiary/aromatic N) is 10. The number of likely N-dealkylation sites (N-methyl/N-ethyl adjacent to an activating group) is 6. The summed E-state index contributed by atoms with van der Waals surface area (Å²) in [6, 6.07) is 4.65. The number of carbonyl (C=O) groups excluding carboxylic acids is 2. The van der Waals surface area contributed by atoms with Crippen LogP contribution < -0.4 is 0 Å². The van der Waals surface area contributed by atoms with Gasteiger partial charge in [0, 0.05) is 97.1 Å². The number of hydrogen-bond acceptors (Lipinski definition) is 10. The number of likely N-dealkylation sites (tertiary alicyclic amines) is 1. The summed E-state index contributed by atoms with van der Waals surface area (Å²) in [5.41, 5.74) is 2.67. The van der Waals surface area contributed by atoms with Crippen LogP contribution in [0, 0.1) is 0 Å². The largest absolute Gasteiger partial charge is 0.395 e. The lowest BCUT2D eigenvalue weighted by Gasteiger charge is -2.29. The van der Waals surface area contributed by atoms with Gasteiger partial charge in [-0.05, 0) is 72.7 Å². The quantitative estimate of drug-likeness (QED) is 0.453. The van der Waals surface area contributed by atoms with Gasteiger partial charge in [0.2, 0.25) is 12.3 Å². The van der Waals surface area contributed by atoms with Gasteiger partial charge in [-0.25, -0.2) is 4.98 Å². The standard InChI is InChI=1S/C9H12N2.C7H11N3.2C6H12N2O.C6H13NO/c1-11-6-4-8-3-2-5-10-9(8)7-11;1-9-4-5-10-3-2-8-7(10)6-9;1-7-3-4-8(2)6(9)5-7;1-7-2-4-8(6-9)5-3-7;1-7-4-2-3-6(7)5-8/h2-3,5H,4,6-7H2,1H3;2-3H,4-6H2,1H3;3-5H2,1-2H3;6H,2-5H2,1H3;6,8H,2-5H2,1H3. The molecule has 2 amide bonds. The lowest BCUT2D eigenvalue weighted by atomic mass is 10.1. The summed E-state index contributed by atoms with van der Waals surface area (Å²) in [5, 5.41) is 8.69. The Hall–Kier alpha value is -2.94. The van der Waals surface area contributed by atoms with Gasteiger partial charge in [0.1, 0.15) is 5.82 Å². The van der Waals surface area contributed by atoms with Crippen molar-refractivity contribution in [3.8, 4) is 0 Å². The van der Waals surface area contributed by atoms with Crippen LogP contribution in [0.1, 0.15) is 29.9 Å². The van der Waals surface area contributed by atoms with Crippen LogP contribution in [-0.2, 0) is 35.6 Å². The lowest BCUT2D eigenvalue weighted by Crippen LogP contribution is -2.46. The summed E-state index contributed by atoms with van der Waals surface area (Å²) in [7, 11) is 12.2. The molecule has 264 valence electrons. The average Bonchev–Trinajstić information content (AvgIpc) is 3.72. The van der Waals surface area contributed by atoms with E-state index < -0.39 is 0 Å². The zero-order valence-corrected chi connectivity index (χ0v) is 29.8. The third kappa shape index (κ3) is 13.6. The van der Waals surface area contributed by atoms with E-state index >= 15 is 0 Å². The van der Waals surface area contributed by atoms with Crippen LogP contribution in [0.2, 0.25) is 0 Å². The SMILES string of the molecule is CN1CCCC1CO.CN1CCN(C)C(=O)C1.CN1CCN(C=O)CC1.CN1CCc2cccnc2C1.CN1CCn2ccnc2C1. The first-order valence-corrected chi connectivity index (χ1v) is 17.0. The van der Waals surface area contributed by atoms with Gasteiger partial charge in [0.15, 0.2) is 0 Å². The molecule has 0 radical (unpaired) electrons. The van der Waals surface area contributed by atoms with Gasteiger partial charge in [-0.15, -0.1) is 0 Å². The first-order chi connectivity index (χ1) is 22.6. The molecule has 2 aromatic rings. The van der Waals surface area contributed by atoms with Crippen LogP contribution in [0.5, 0.6) is 0 Å². The maximum absolute atomic E-state index is 10.9. The molecule has 0 aliphatic carbocycles. The summed E-state index contributed by atoms with van der Waals surface area (Å²) < 4.78 is 2.21. The number of hydrogen-bond donors (Lipinski definition) is 1. The fourth-order valence-corrected chi connectivity index (χ4v) is 5.79. The minimum absolute atomic E-state index is 0.226. The van der Waals surface area contributed by atoms with Crippen molar-refractivity contribution >= 4 is 12.3 Å². The summed E-state index contributed by atoms with van der Waals surface area (Å²) in [5.74, 6) is 1.41. The second kappa shape index (κ2) is 20.4. The van der Waals surface area contributed by atoms with E-state index in [2.05, 4.69) is 68.4 Å². The Labute approximate surface area is 282 Å². The second-order valence-electron chi connectivity index (χ2n) is 13.3. The molecule has 13 nitrogen and oxygen atoms in total. The highest BCUT2D eigenvalue weighted by molar-refractivity contribution is 5.78. The molecule has 1 unspecified atom stereocenters. The number of pyridine rings is 1. The zero-order valence-electron chi connectivity index (χ0n) is 29.8. The molecule has 0 saturated carbocycles. The van der Waals surface area contributed by atoms with Gasteiger partial charge in [0.25, 0.3) is 0 Å². The molecule has 1 atom stereocenters. The van der Waals surface area contributed by atoms with E-state index in [9.17, 15) is 9.59 Å². The number of imidazole rings is 1. The molecule has 5 aliphatic heterocycles. The molecule has 1 N–H and O–H groups in total. The van der Waals surface area contributed by atoms with Crippen LogP contribution in [0.3, 0.4) is 0 Å². The molecule has 0 aromatic carbocycles. The van der Waals surface area contributed by atoms with Crippen molar-refractivity contribution in [2.75, 3.05) is 114 Å². The van der Waals surface area contributed by atoms with Crippen molar-refractivity contribution in [1.29, 1.82) is 0 Å². The molecule has 3 fully saturated rings. The van der Waals surface area contributed by atoms with Crippen molar-refractivity contribution in [3.63, 3.8) is 0 Å². The van der Waals surface area contributed by atoms with Crippen molar-refractivity contribution in [1.82, 2.24) is 48.8 Å². The zero-order chi connectivity index (χ0) is 34.2. The van der Waals surface area contributed by atoms with Crippen LogP contribution in [0.25, 0.3) is 0 Å². The molecule has 5 aliphatic rings.